The summed E-state index contributed by atoms with van der Waals surface area (Å²) in [6.45, 7) is 0.430. The second-order valence-corrected chi connectivity index (χ2v) is 9.61. The van der Waals surface area contributed by atoms with Crippen molar-refractivity contribution < 1.29 is 24.1 Å². The predicted octanol–water partition coefficient (Wildman–Crippen LogP) is 4.78. The van der Waals surface area contributed by atoms with Crippen LogP contribution in [-0.2, 0) is 27.7 Å². The van der Waals surface area contributed by atoms with Gasteiger partial charge in [-0.1, -0.05) is 91.0 Å². The van der Waals surface area contributed by atoms with Gasteiger partial charge in [0.25, 0.3) is 11.8 Å². The minimum absolute atomic E-state index is 0.0758. The molecule has 0 aliphatic rings. The first kappa shape index (κ1) is 30.1. The average molecular weight is 567 g/mol. The van der Waals surface area contributed by atoms with Crippen molar-refractivity contribution >= 4 is 23.4 Å². The molecule has 4 aromatic carbocycles. The molecule has 1 atom stereocenters. The van der Waals surface area contributed by atoms with Gasteiger partial charge in [-0.2, -0.15) is 0 Å². The number of hydrogen-bond donors (Lipinski definition) is 2. The van der Waals surface area contributed by atoms with E-state index in [-0.39, 0.29) is 42.5 Å². The van der Waals surface area contributed by atoms with Crippen molar-refractivity contribution in [3.8, 4) is 0 Å². The SMILES string of the molecule is CN(OCc1ccccc1)C(=O)c1cc(NC(=O)C(CN)c2ccccc2)cc(C(=O)N(C)OCc2ccccc2)c1. The van der Waals surface area contributed by atoms with E-state index in [9.17, 15) is 14.4 Å². The van der Waals surface area contributed by atoms with Crippen LogP contribution in [0.15, 0.2) is 109 Å². The summed E-state index contributed by atoms with van der Waals surface area (Å²) in [5, 5.41) is 5.04. The molecule has 0 aliphatic heterocycles. The van der Waals surface area contributed by atoms with Gasteiger partial charge >= 0.3 is 0 Å². The zero-order valence-electron chi connectivity index (χ0n) is 23.6. The van der Waals surface area contributed by atoms with Crippen LogP contribution in [-0.4, -0.2) is 48.5 Å². The summed E-state index contributed by atoms with van der Waals surface area (Å²) >= 11 is 0. The third kappa shape index (κ3) is 8.11. The van der Waals surface area contributed by atoms with E-state index >= 15 is 0 Å². The van der Waals surface area contributed by atoms with Crippen LogP contribution in [0.3, 0.4) is 0 Å². The van der Waals surface area contributed by atoms with E-state index in [2.05, 4.69) is 5.32 Å². The lowest BCUT2D eigenvalue weighted by atomic mass is 9.98. The fourth-order valence-corrected chi connectivity index (χ4v) is 4.23. The molecule has 0 saturated heterocycles. The number of hydrogen-bond acceptors (Lipinski definition) is 6. The van der Waals surface area contributed by atoms with Crippen molar-refractivity contribution in [3.63, 3.8) is 0 Å². The smallest absolute Gasteiger partial charge is 0.277 e. The van der Waals surface area contributed by atoms with Crippen LogP contribution in [0.25, 0.3) is 0 Å². The Morgan fingerprint density at radius 1 is 0.690 bits per heavy atom. The molecule has 0 aromatic heterocycles. The molecule has 9 heteroatoms. The molecule has 0 saturated carbocycles. The molecule has 0 heterocycles. The maximum atomic E-state index is 13.4. The molecule has 3 N–H and O–H groups in total. The summed E-state index contributed by atoms with van der Waals surface area (Å²) in [4.78, 5) is 51.4. The lowest BCUT2D eigenvalue weighted by Crippen LogP contribution is -2.30. The summed E-state index contributed by atoms with van der Waals surface area (Å²) in [6, 6.07) is 32.5. The van der Waals surface area contributed by atoms with Crippen LogP contribution in [0.4, 0.5) is 5.69 Å². The molecular formula is C33H34N4O5. The van der Waals surface area contributed by atoms with Gasteiger partial charge in [-0.25, -0.2) is 10.1 Å². The Hall–Kier alpha value is -4.83. The Morgan fingerprint density at radius 2 is 1.12 bits per heavy atom. The van der Waals surface area contributed by atoms with Gasteiger partial charge in [-0.3, -0.25) is 24.1 Å². The second-order valence-electron chi connectivity index (χ2n) is 9.61. The van der Waals surface area contributed by atoms with E-state index in [4.69, 9.17) is 15.4 Å². The number of nitrogens with two attached hydrogens (primary N) is 1. The van der Waals surface area contributed by atoms with Crippen LogP contribution in [0.5, 0.6) is 0 Å². The van der Waals surface area contributed by atoms with Gasteiger partial charge < -0.3 is 11.1 Å². The summed E-state index contributed by atoms with van der Waals surface area (Å²) in [6.07, 6.45) is 0. The Labute approximate surface area is 245 Å². The molecule has 0 fully saturated rings. The van der Waals surface area contributed by atoms with E-state index in [1.807, 2.05) is 91.0 Å². The van der Waals surface area contributed by atoms with Crippen molar-refractivity contribution in [1.82, 2.24) is 10.1 Å². The normalized spacial score (nSPS) is 11.4. The Morgan fingerprint density at radius 3 is 1.55 bits per heavy atom. The fraction of sp³-hybridized carbons (Fsp3) is 0.182. The number of nitrogens with one attached hydrogen (secondary N) is 1. The molecule has 0 radical (unpaired) electrons. The molecule has 9 nitrogen and oxygen atoms in total. The third-order valence-electron chi connectivity index (χ3n) is 6.56. The highest BCUT2D eigenvalue weighted by molar-refractivity contribution is 6.03. The molecule has 0 bridgehead atoms. The number of anilines is 1. The molecule has 1 unspecified atom stereocenters. The monoisotopic (exact) mass is 566 g/mol. The van der Waals surface area contributed by atoms with Gasteiger partial charge in [0.1, 0.15) is 13.2 Å². The number of amides is 3. The molecule has 0 spiro atoms. The van der Waals surface area contributed by atoms with E-state index < -0.39 is 17.7 Å². The fourth-order valence-electron chi connectivity index (χ4n) is 4.23. The summed E-state index contributed by atoms with van der Waals surface area (Å²) in [5.41, 5.74) is 9.03. The topological polar surface area (TPSA) is 114 Å². The maximum absolute atomic E-state index is 13.4. The molecule has 3 amide bonds. The molecule has 4 rings (SSSR count). The second kappa shape index (κ2) is 14.7. The number of nitrogens with zero attached hydrogens (tertiary/aromatic N) is 2. The summed E-state index contributed by atoms with van der Waals surface area (Å²) < 4.78 is 0. The van der Waals surface area contributed by atoms with E-state index in [0.717, 1.165) is 26.8 Å². The van der Waals surface area contributed by atoms with Crippen molar-refractivity contribution in [2.24, 2.45) is 5.73 Å². The van der Waals surface area contributed by atoms with Gasteiger partial charge in [0, 0.05) is 37.5 Å². The van der Waals surface area contributed by atoms with Crippen LogP contribution in [0.1, 0.15) is 43.3 Å². The predicted molar refractivity (Wildman–Crippen MR) is 160 cm³/mol. The van der Waals surface area contributed by atoms with Crippen molar-refractivity contribution in [1.29, 1.82) is 0 Å². The highest BCUT2D eigenvalue weighted by Gasteiger charge is 2.23. The van der Waals surface area contributed by atoms with E-state index in [0.29, 0.717) is 0 Å². The molecule has 42 heavy (non-hydrogen) atoms. The first-order valence-corrected chi connectivity index (χ1v) is 13.5. The van der Waals surface area contributed by atoms with Crippen LogP contribution < -0.4 is 11.1 Å². The number of carbonyl (C=O) groups is 3. The first-order valence-electron chi connectivity index (χ1n) is 13.5. The number of benzene rings is 4. The molecule has 216 valence electrons. The number of rotatable bonds is 12. The van der Waals surface area contributed by atoms with Crippen molar-refractivity contribution in [3.05, 3.63) is 137 Å². The van der Waals surface area contributed by atoms with Crippen molar-refractivity contribution in [2.45, 2.75) is 19.1 Å². The zero-order valence-corrected chi connectivity index (χ0v) is 23.6. The minimum atomic E-state index is -0.626. The van der Waals surface area contributed by atoms with Gasteiger partial charge in [0.05, 0.1) is 5.92 Å². The Kier molecular flexibility index (Phi) is 10.5. The lowest BCUT2D eigenvalue weighted by Gasteiger charge is -2.21. The van der Waals surface area contributed by atoms with E-state index in [1.54, 1.807) is 0 Å². The average Bonchev–Trinajstić information content (AvgIpc) is 3.03. The number of hydroxylamine groups is 4. The third-order valence-corrected chi connectivity index (χ3v) is 6.56. The Balaban J connectivity index is 1.57. The Bertz CT molecular complexity index is 1400. The van der Waals surface area contributed by atoms with Crippen LogP contribution >= 0.6 is 0 Å². The largest absolute Gasteiger partial charge is 0.329 e. The van der Waals surface area contributed by atoms with Gasteiger partial charge in [-0.05, 0) is 34.9 Å². The minimum Gasteiger partial charge on any atom is -0.329 e. The van der Waals surface area contributed by atoms with Crippen LogP contribution in [0, 0.1) is 0 Å². The summed E-state index contributed by atoms with van der Waals surface area (Å²) in [5.74, 6) is -1.99. The lowest BCUT2D eigenvalue weighted by molar-refractivity contribution is -0.117. The highest BCUT2D eigenvalue weighted by atomic mass is 16.7. The maximum Gasteiger partial charge on any atom is 0.277 e. The zero-order chi connectivity index (χ0) is 29.9. The summed E-state index contributed by atoms with van der Waals surface area (Å²) in [7, 11) is 2.99. The van der Waals surface area contributed by atoms with Gasteiger partial charge in [0.15, 0.2) is 0 Å². The first-order chi connectivity index (χ1) is 20.4. The van der Waals surface area contributed by atoms with Gasteiger partial charge in [0.2, 0.25) is 5.91 Å². The van der Waals surface area contributed by atoms with Crippen LogP contribution in [0.2, 0.25) is 0 Å². The quantitative estimate of drug-likeness (QED) is 0.239. The number of carbonyl (C=O) groups excluding carboxylic acids is 3. The standard InChI is InChI=1S/C33H34N4O5/c1-36(41-22-24-12-6-3-7-13-24)32(39)27-18-28(33(40)37(2)42-23-25-14-8-4-9-15-25)20-29(19-27)35-31(38)30(21-34)26-16-10-5-11-17-26/h3-20,30H,21-23,34H2,1-2H3,(H,35,38). The van der Waals surface area contributed by atoms with Gasteiger partial charge in [-0.15, -0.1) is 0 Å². The molecular weight excluding hydrogens is 532 g/mol. The van der Waals surface area contributed by atoms with E-state index in [1.165, 1.54) is 32.3 Å². The molecule has 0 aliphatic carbocycles. The molecule has 4 aromatic rings. The highest BCUT2D eigenvalue weighted by Crippen LogP contribution is 2.22. The van der Waals surface area contributed by atoms with Crippen molar-refractivity contribution in [2.75, 3.05) is 26.0 Å².